The predicted octanol–water partition coefficient (Wildman–Crippen LogP) is 4.70. The molecule has 2 aromatic carbocycles. The van der Waals surface area contributed by atoms with Crippen LogP contribution in [0.15, 0.2) is 48.5 Å². The summed E-state index contributed by atoms with van der Waals surface area (Å²) in [4.78, 5) is 21.1. The number of para-hydroxylation sites is 2. The quantitative estimate of drug-likeness (QED) is 0.461. The van der Waals surface area contributed by atoms with Crippen molar-refractivity contribution in [3.8, 4) is 6.07 Å². The van der Waals surface area contributed by atoms with E-state index in [2.05, 4.69) is 45.7 Å². The van der Waals surface area contributed by atoms with Gasteiger partial charge in [0.1, 0.15) is 11.9 Å². The highest BCUT2D eigenvalue weighted by atomic mass is 16.1. The number of carbonyl (C=O) groups excluding carboxylic acids is 1. The molecule has 1 aliphatic heterocycles. The highest BCUT2D eigenvalue weighted by Gasteiger charge is 2.32. The zero-order valence-corrected chi connectivity index (χ0v) is 20.7. The van der Waals surface area contributed by atoms with E-state index in [1.807, 2.05) is 49.4 Å². The van der Waals surface area contributed by atoms with E-state index < -0.39 is 0 Å². The molecule has 1 amide bonds. The molecule has 178 valence electrons. The third-order valence-corrected chi connectivity index (χ3v) is 6.95. The predicted molar refractivity (Wildman–Crippen MR) is 140 cm³/mol. The summed E-state index contributed by atoms with van der Waals surface area (Å²) in [7, 11) is 4.26. The smallest absolute Gasteiger partial charge is 0.221 e. The number of nitrogens with one attached hydrogen (secondary N) is 1. The number of nitrogens with zero attached hydrogens (tertiary/aromatic N) is 5. The normalized spacial score (nSPS) is 15.8. The standard InChI is InChI=1S/C28H30N6O/c1-18-22(16-20-11-13-21(14-12-20)30-19(2)35)28(33-15-7-10-26(33)32(3)4)34-25-9-6-5-8-24(25)31-27(34)23(18)17-29/h5-6,8-9,11-14,26H,7,10,15-16H2,1-4H3,(H,30,35). The SMILES string of the molecule is CC(=O)Nc1ccc(Cc2c(C)c(C#N)c3nc4ccccc4n3c2N2CCCC2N(C)C)cc1. The number of benzene rings is 2. The average Bonchev–Trinajstić information content (AvgIpc) is 3.46. The summed E-state index contributed by atoms with van der Waals surface area (Å²) < 4.78 is 2.20. The van der Waals surface area contributed by atoms with E-state index in [9.17, 15) is 10.1 Å². The molecule has 4 aromatic rings. The maximum absolute atomic E-state index is 11.4. The summed E-state index contributed by atoms with van der Waals surface area (Å²) in [6.07, 6.45) is 3.15. The summed E-state index contributed by atoms with van der Waals surface area (Å²) in [6, 6.07) is 18.5. The van der Waals surface area contributed by atoms with Gasteiger partial charge in [-0.1, -0.05) is 24.3 Å². The lowest BCUT2D eigenvalue weighted by Crippen LogP contribution is -2.42. The van der Waals surface area contributed by atoms with Crippen LogP contribution in [-0.2, 0) is 11.2 Å². The van der Waals surface area contributed by atoms with Gasteiger partial charge in [0, 0.05) is 31.1 Å². The van der Waals surface area contributed by atoms with Gasteiger partial charge in [-0.2, -0.15) is 5.26 Å². The van der Waals surface area contributed by atoms with Gasteiger partial charge in [0.25, 0.3) is 0 Å². The van der Waals surface area contributed by atoms with Gasteiger partial charge in [-0.25, -0.2) is 4.98 Å². The van der Waals surface area contributed by atoms with Gasteiger partial charge < -0.3 is 10.2 Å². The molecule has 1 atom stereocenters. The summed E-state index contributed by atoms with van der Waals surface area (Å²) in [5.74, 6) is 1.03. The maximum Gasteiger partial charge on any atom is 0.221 e. The molecular formula is C28H30N6O. The van der Waals surface area contributed by atoms with Crippen LogP contribution in [0, 0.1) is 18.3 Å². The number of amides is 1. The third kappa shape index (κ3) is 4.00. The number of nitriles is 1. The molecule has 0 spiro atoms. The highest BCUT2D eigenvalue weighted by Crippen LogP contribution is 2.38. The van der Waals surface area contributed by atoms with Crippen molar-refractivity contribution in [1.82, 2.24) is 14.3 Å². The van der Waals surface area contributed by atoms with Crippen LogP contribution < -0.4 is 10.2 Å². The van der Waals surface area contributed by atoms with E-state index in [4.69, 9.17) is 4.98 Å². The van der Waals surface area contributed by atoms with Gasteiger partial charge in [-0.15, -0.1) is 0 Å². The molecule has 5 rings (SSSR count). The summed E-state index contributed by atoms with van der Waals surface area (Å²) in [5.41, 5.74) is 7.25. The Morgan fingerprint density at radius 3 is 2.63 bits per heavy atom. The molecule has 7 nitrogen and oxygen atoms in total. The summed E-state index contributed by atoms with van der Waals surface area (Å²) >= 11 is 0. The van der Waals surface area contributed by atoms with Gasteiger partial charge in [-0.3, -0.25) is 14.1 Å². The van der Waals surface area contributed by atoms with E-state index >= 15 is 0 Å². The van der Waals surface area contributed by atoms with Crippen molar-refractivity contribution in [2.24, 2.45) is 0 Å². The molecule has 0 saturated carbocycles. The van der Waals surface area contributed by atoms with E-state index in [1.165, 1.54) is 6.92 Å². The second kappa shape index (κ2) is 9.05. The first-order chi connectivity index (χ1) is 16.9. The number of anilines is 2. The first-order valence-electron chi connectivity index (χ1n) is 12.0. The Balaban J connectivity index is 1.76. The van der Waals surface area contributed by atoms with Crippen molar-refractivity contribution >= 4 is 34.1 Å². The monoisotopic (exact) mass is 466 g/mol. The zero-order chi connectivity index (χ0) is 24.7. The molecule has 1 unspecified atom stereocenters. The van der Waals surface area contributed by atoms with E-state index in [1.54, 1.807) is 0 Å². The van der Waals surface area contributed by atoms with E-state index in [0.717, 1.165) is 64.3 Å². The van der Waals surface area contributed by atoms with Gasteiger partial charge in [-0.05, 0) is 69.3 Å². The number of aromatic nitrogens is 2. The van der Waals surface area contributed by atoms with Crippen molar-refractivity contribution in [2.75, 3.05) is 30.9 Å². The Morgan fingerprint density at radius 2 is 1.94 bits per heavy atom. The number of hydrogen-bond donors (Lipinski definition) is 1. The molecule has 2 aromatic heterocycles. The Morgan fingerprint density at radius 1 is 1.20 bits per heavy atom. The van der Waals surface area contributed by atoms with Crippen molar-refractivity contribution < 1.29 is 4.79 Å². The van der Waals surface area contributed by atoms with Crippen LogP contribution in [0.4, 0.5) is 11.5 Å². The number of hydrogen-bond acceptors (Lipinski definition) is 5. The fourth-order valence-corrected chi connectivity index (χ4v) is 5.32. The summed E-state index contributed by atoms with van der Waals surface area (Å²) in [6.45, 7) is 4.50. The van der Waals surface area contributed by atoms with Crippen LogP contribution in [0.2, 0.25) is 0 Å². The lowest BCUT2D eigenvalue weighted by Gasteiger charge is -2.34. The van der Waals surface area contributed by atoms with Gasteiger partial charge in [0.05, 0.1) is 22.8 Å². The van der Waals surface area contributed by atoms with Gasteiger partial charge in [0.2, 0.25) is 5.91 Å². The molecule has 1 saturated heterocycles. The topological polar surface area (TPSA) is 76.7 Å². The first-order valence-corrected chi connectivity index (χ1v) is 12.0. The fraction of sp³-hybridized carbons (Fsp3) is 0.321. The third-order valence-electron chi connectivity index (χ3n) is 6.95. The molecule has 1 aliphatic rings. The Hall–Kier alpha value is -3.89. The number of pyridine rings is 1. The Kier molecular flexibility index (Phi) is 5.91. The lowest BCUT2D eigenvalue weighted by atomic mass is 9.97. The van der Waals surface area contributed by atoms with Crippen LogP contribution in [0.5, 0.6) is 0 Å². The maximum atomic E-state index is 11.4. The average molecular weight is 467 g/mol. The number of carbonyl (C=O) groups is 1. The number of imidazole rings is 1. The number of rotatable bonds is 5. The molecular weight excluding hydrogens is 436 g/mol. The van der Waals surface area contributed by atoms with Crippen molar-refractivity contribution in [1.29, 1.82) is 5.26 Å². The molecule has 1 N–H and O–H groups in total. The van der Waals surface area contributed by atoms with Crippen molar-refractivity contribution in [3.05, 3.63) is 70.8 Å². The van der Waals surface area contributed by atoms with Crippen LogP contribution in [0.3, 0.4) is 0 Å². The minimum Gasteiger partial charge on any atom is -0.342 e. The second-order valence-corrected chi connectivity index (χ2v) is 9.51. The number of fused-ring (bicyclic) bond motifs is 3. The first kappa shape index (κ1) is 22.9. The molecule has 35 heavy (non-hydrogen) atoms. The van der Waals surface area contributed by atoms with Crippen LogP contribution in [0.25, 0.3) is 16.7 Å². The lowest BCUT2D eigenvalue weighted by molar-refractivity contribution is -0.114. The van der Waals surface area contributed by atoms with Crippen molar-refractivity contribution in [3.63, 3.8) is 0 Å². The van der Waals surface area contributed by atoms with Crippen LogP contribution in [0.1, 0.15) is 42.0 Å². The molecule has 0 bridgehead atoms. The molecule has 3 heterocycles. The minimum atomic E-state index is -0.0873. The van der Waals surface area contributed by atoms with Gasteiger partial charge in [0.15, 0.2) is 5.65 Å². The van der Waals surface area contributed by atoms with Crippen LogP contribution in [-0.4, -0.2) is 47.0 Å². The summed E-state index contributed by atoms with van der Waals surface area (Å²) in [5, 5.41) is 13.0. The highest BCUT2D eigenvalue weighted by molar-refractivity contribution is 5.89. The molecule has 1 fully saturated rings. The largest absolute Gasteiger partial charge is 0.342 e. The molecule has 7 heteroatoms. The van der Waals surface area contributed by atoms with Crippen molar-refractivity contribution in [2.45, 2.75) is 39.3 Å². The molecule has 0 aliphatic carbocycles. The second-order valence-electron chi connectivity index (χ2n) is 9.51. The fourth-order valence-electron chi connectivity index (χ4n) is 5.32. The Labute approximate surface area is 205 Å². The minimum absolute atomic E-state index is 0.0873. The van der Waals surface area contributed by atoms with E-state index in [0.29, 0.717) is 12.0 Å². The van der Waals surface area contributed by atoms with E-state index in [-0.39, 0.29) is 12.1 Å². The zero-order valence-electron chi connectivity index (χ0n) is 20.7. The molecule has 0 radical (unpaired) electrons. The van der Waals surface area contributed by atoms with Crippen LogP contribution >= 0.6 is 0 Å². The van der Waals surface area contributed by atoms with Gasteiger partial charge >= 0.3 is 0 Å². The Bertz CT molecular complexity index is 1460.